The van der Waals surface area contributed by atoms with Gasteiger partial charge in [-0.1, -0.05) is 44.4 Å². The van der Waals surface area contributed by atoms with Crippen molar-refractivity contribution in [2.24, 2.45) is 11.1 Å². The molecule has 0 aliphatic heterocycles. The highest BCUT2D eigenvalue weighted by atomic mass is 35.5. The molecule has 2 rings (SSSR count). The summed E-state index contributed by atoms with van der Waals surface area (Å²) in [5.41, 5.74) is 6.53. The predicted molar refractivity (Wildman–Crippen MR) is 69.5 cm³/mol. The third-order valence-corrected chi connectivity index (χ3v) is 4.66. The van der Waals surface area contributed by atoms with E-state index >= 15 is 0 Å². The lowest BCUT2D eigenvalue weighted by Gasteiger charge is -2.55. The number of nitrogens with two attached hydrogens (primary N) is 1. The van der Waals surface area contributed by atoms with Gasteiger partial charge in [0.05, 0.1) is 0 Å². The average molecular weight is 256 g/mol. The van der Waals surface area contributed by atoms with E-state index in [-0.39, 0.29) is 11.2 Å². The molecule has 1 aromatic rings. The molecule has 0 saturated heterocycles. The van der Waals surface area contributed by atoms with Crippen molar-refractivity contribution in [1.29, 1.82) is 0 Å². The smallest absolute Gasteiger partial charge is 0.129 e. The first-order valence-electron chi connectivity index (χ1n) is 6.20. The van der Waals surface area contributed by atoms with E-state index < -0.39 is 5.54 Å². The highest BCUT2D eigenvalue weighted by Gasteiger charge is 2.52. The summed E-state index contributed by atoms with van der Waals surface area (Å²) >= 11 is 6.09. The predicted octanol–water partition coefficient (Wildman–Crippen LogP) is 4.23. The van der Waals surface area contributed by atoms with Crippen LogP contribution in [0.15, 0.2) is 18.2 Å². The summed E-state index contributed by atoms with van der Waals surface area (Å²) in [5.74, 6) is -0.277. The minimum Gasteiger partial charge on any atom is -0.321 e. The summed E-state index contributed by atoms with van der Waals surface area (Å²) < 4.78 is 13.9. The van der Waals surface area contributed by atoms with E-state index in [1.807, 2.05) is 0 Å². The molecule has 1 nitrogen and oxygen atoms in total. The van der Waals surface area contributed by atoms with Gasteiger partial charge in [0.2, 0.25) is 0 Å². The zero-order valence-corrected chi connectivity index (χ0v) is 11.1. The minimum absolute atomic E-state index is 0.277. The van der Waals surface area contributed by atoms with Gasteiger partial charge in [-0.15, -0.1) is 0 Å². The Morgan fingerprint density at radius 3 is 2.35 bits per heavy atom. The maximum atomic E-state index is 13.9. The van der Waals surface area contributed by atoms with Crippen LogP contribution in [0.4, 0.5) is 4.39 Å². The van der Waals surface area contributed by atoms with Gasteiger partial charge < -0.3 is 5.73 Å². The molecule has 0 heterocycles. The molecule has 1 aliphatic carbocycles. The molecule has 0 atom stereocenters. The van der Waals surface area contributed by atoms with E-state index in [0.717, 1.165) is 25.7 Å². The van der Waals surface area contributed by atoms with Crippen LogP contribution in [0, 0.1) is 11.2 Å². The lowest BCUT2D eigenvalue weighted by atomic mass is 9.53. The molecular weight excluding hydrogens is 237 g/mol. The molecule has 0 aromatic heterocycles. The first-order chi connectivity index (χ1) is 7.96. The van der Waals surface area contributed by atoms with Crippen molar-refractivity contribution < 1.29 is 4.39 Å². The number of hydrogen-bond donors (Lipinski definition) is 1. The van der Waals surface area contributed by atoms with E-state index in [2.05, 4.69) is 13.8 Å². The Morgan fingerprint density at radius 1 is 1.29 bits per heavy atom. The largest absolute Gasteiger partial charge is 0.321 e. The fourth-order valence-corrected chi connectivity index (χ4v) is 3.54. The van der Waals surface area contributed by atoms with Gasteiger partial charge in [-0.25, -0.2) is 4.39 Å². The number of rotatable bonds is 3. The van der Waals surface area contributed by atoms with Crippen LogP contribution in [0.1, 0.15) is 45.1 Å². The summed E-state index contributed by atoms with van der Waals surface area (Å²) in [4.78, 5) is 0. The summed E-state index contributed by atoms with van der Waals surface area (Å²) in [5, 5.41) is 0.452. The van der Waals surface area contributed by atoms with E-state index in [0.29, 0.717) is 10.6 Å². The molecule has 2 N–H and O–H groups in total. The lowest BCUT2D eigenvalue weighted by molar-refractivity contribution is 0.0146. The lowest BCUT2D eigenvalue weighted by Crippen LogP contribution is -2.55. The Bertz CT molecular complexity index is 398. The van der Waals surface area contributed by atoms with Crippen LogP contribution < -0.4 is 5.73 Å². The van der Waals surface area contributed by atoms with Gasteiger partial charge in [-0.3, -0.25) is 0 Å². The molecule has 1 saturated carbocycles. The molecule has 1 aromatic carbocycles. The van der Waals surface area contributed by atoms with Gasteiger partial charge in [0.1, 0.15) is 5.82 Å². The Hall–Kier alpha value is -0.600. The maximum Gasteiger partial charge on any atom is 0.129 e. The zero-order valence-electron chi connectivity index (χ0n) is 10.4. The Kier molecular flexibility index (Phi) is 3.21. The number of benzene rings is 1. The molecule has 1 fully saturated rings. The highest BCUT2D eigenvalue weighted by molar-refractivity contribution is 6.31. The highest BCUT2D eigenvalue weighted by Crippen LogP contribution is 2.57. The Morgan fingerprint density at radius 2 is 1.88 bits per heavy atom. The van der Waals surface area contributed by atoms with Gasteiger partial charge >= 0.3 is 0 Å². The molecule has 17 heavy (non-hydrogen) atoms. The standard InChI is InChI=1S/C14H19ClFN/c1-3-13(4-2)8-14(17,9-13)12-10(15)6-5-7-11(12)16/h5-7H,3-4,8-9,17H2,1-2H3. The minimum atomic E-state index is -0.575. The first kappa shape index (κ1) is 12.8. The number of hydrogen-bond acceptors (Lipinski definition) is 1. The van der Waals surface area contributed by atoms with E-state index in [9.17, 15) is 4.39 Å². The quantitative estimate of drug-likeness (QED) is 0.859. The van der Waals surface area contributed by atoms with Gasteiger partial charge in [0.15, 0.2) is 0 Å². The van der Waals surface area contributed by atoms with Crippen LogP contribution in [-0.2, 0) is 5.54 Å². The Balaban J connectivity index is 2.31. The van der Waals surface area contributed by atoms with Crippen LogP contribution in [0.5, 0.6) is 0 Å². The first-order valence-corrected chi connectivity index (χ1v) is 6.57. The fraction of sp³-hybridized carbons (Fsp3) is 0.571. The molecule has 1 aliphatic rings. The van der Waals surface area contributed by atoms with E-state index in [1.54, 1.807) is 12.1 Å². The van der Waals surface area contributed by atoms with E-state index in [4.69, 9.17) is 17.3 Å². The summed E-state index contributed by atoms with van der Waals surface area (Å²) in [7, 11) is 0. The third-order valence-electron chi connectivity index (χ3n) is 4.34. The zero-order chi connectivity index (χ0) is 12.7. The SMILES string of the molecule is CCC1(CC)CC(N)(c2c(F)cccc2Cl)C1. The summed E-state index contributed by atoms with van der Waals surface area (Å²) in [6, 6.07) is 4.77. The molecule has 0 bridgehead atoms. The van der Waals surface area contributed by atoms with Gasteiger partial charge in [0.25, 0.3) is 0 Å². The maximum absolute atomic E-state index is 13.9. The summed E-state index contributed by atoms with van der Waals surface area (Å²) in [6.07, 6.45) is 3.84. The monoisotopic (exact) mass is 255 g/mol. The molecule has 3 heteroatoms. The van der Waals surface area contributed by atoms with Crippen LogP contribution in [-0.4, -0.2) is 0 Å². The van der Waals surface area contributed by atoms with Crippen LogP contribution >= 0.6 is 11.6 Å². The number of halogens is 2. The second kappa shape index (κ2) is 4.25. The van der Waals surface area contributed by atoms with E-state index in [1.165, 1.54) is 6.07 Å². The van der Waals surface area contributed by atoms with Crippen molar-refractivity contribution in [3.8, 4) is 0 Å². The van der Waals surface area contributed by atoms with Crippen LogP contribution in [0.3, 0.4) is 0 Å². The molecule has 0 unspecified atom stereocenters. The third kappa shape index (κ3) is 1.98. The topological polar surface area (TPSA) is 26.0 Å². The second-order valence-corrected chi connectivity index (χ2v) is 5.72. The molecule has 0 amide bonds. The molecule has 94 valence electrons. The van der Waals surface area contributed by atoms with Gasteiger partial charge in [-0.05, 0) is 30.4 Å². The van der Waals surface area contributed by atoms with Crippen molar-refractivity contribution in [1.82, 2.24) is 0 Å². The average Bonchev–Trinajstić information content (AvgIpc) is 2.24. The van der Waals surface area contributed by atoms with Crippen LogP contribution in [0.25, 0.3) is 0 Å². The van der Waals surface area contributed by atoms with Crippen molar-refractivity contribution in [3.05, 3.63) is 34.6 Å². The fourth-order valence-electron chi connectivity index (χ4n) is 3.19. The normalized spacial score (nSPS) is 21.0. The van der Waals surface area contributed by atoms with Crippen molar-refractivity contribution in [2.75, 3.05) is 0 Å². The molecule has 0 radical (unpaired) electrons. The molecular formula is C14H19ClFN. The Labute approximate surface area is 107 Å². The molecule has 0 spiro atoms. The van der Waals surface area contributed by atoms with Crippen molar-refractivity contribution in [3.63, 3.8) is 0 Å². The van der Waals surface area contributed by atoms with Crippen molar-refractivity contribution >= 4 is 11.6 Å². The second-order valence-electron chi connectivity index (χ2n) is 5.31. The van der Waals surface area contributed by atoms with Gasteiger partial charge in [-0.2, -0.15) is 0 Å². The van der Waals surface area contributed by atoms with Crippen molar-refractivity contribution in [2.45, 2.75) is 45.1 Å². The summed E-state index contributed by atoms with van der Waals surface area (Å²) in [6.45, 7) is 4.35. The van der Waals surface area contributed by atoms with Gasteiger partial charge in [0, 0.05) is 16.1 Å². The van der Waals surface area contributed by atoms with Crippen LogP contribution in [0.2, 0.25) is 5.02 Å².